The Labute approximate surface area is 101 Å². The minimum atomic E-state index is 0.0528. The molecule has 0 saturated heterocycles. The Morgan fingerprint density at radius 2 is 2.24 bits per heavy atom. The molecule has 1 saturated carbocycles. The van der Waals surface area contributed by atoms with E-state index in [0.29, 0.717) is 13.1 Å². The lowest BCUT2D eigenvalue weighted by Gasteiger charge is -2.05. The van der Waals surface area contributed by atoms with E-state index in [1.165, 1.54) is 12.8 Å². The molecule has 1 fully saturated rings. The SMILES string of the molecule is Cc1cnc(CNCC(=O)NCC2CC2)cn1. The molecule has 17 heavy (non-hydrogen) atoms. The first-order chi connectivity index (χ1) is 8.24. The zero-order valence-corrected chi connectivity index (χ0v) is 10.1. The molecular formula is C12H18N4O. The summed E-state index contributed by atoms with van der Waals surface area (Å²) in [6, 6.07) is 0. The van der Waals surface area contributed by atoms with Gasteiger partial charge in [-0.3, -0.25) is 14.8 Å². The van der Waals surface area contributed by atoms with Gasteiger partial charge in [0.25, 0.3) is 0 Å². The largest absolute Gasteiger partial charge is 0.355 e. The molecule has 0 spiro atoms. The zero-order chi connectivity index (χ0) is 12.1. The molecule has 2 rings (SSSR count). The number of hydrogen-bond donors (Lipinski definition) is 2. The van der Waals surface area contributed by atoms with Gasteiger partial charge in [0.2, 0.25) is 5.91 Å². The molecular weight excluding hydrogens is 216 g/mol. The van der Waals surface area contributed by atoms with Crippen LogP contribution in [0.1, 0.15) is 24.2 Å². The fraction of sp³-hybridized carbons (Fsp3) is 0.583. The van der Waals surface area contributed by atoms with Crippen molar-refractivity contribution >= 4 is 5.91 Å². The molecule has 5 heteroatoms. The maximum atomic E-state index is 11.4. The van der Waals surface area contributed by atoms with Crippen molar-refractivity contribution in [3.05, 3.63) is 23.8 Å². The van der Waals surface area contributed by atoms with Gasteiger partial charge >= 0.3 is 0 Å². The first kappa shape index (κ1) is 12.0. The first-order valence-corrected chi connectivity index (χ1v) is 5.99. The highest BCUT2D eigenvalue weighted by molar-refractivity contribution is 5.77. The highest BCUT2D eigenvalue weighted by atomic mass is 16.1. The number of nitrogens with zero attached hydrogens (tertiary/aromatic N) is 2. The number of aromatic nitrogens is 2. The normalized spacial score (nSPS) is 14.6. The van der Waals surface area contributed by atoms with Crippen LogP contribution in [-0.4, -0.2) is 29.0 Å². The lowest BCUT2D eigenvalue weighted by molar-refractivity contribution is -0.120. The van der Waals surface area contributed by atoms with E-state index in [9.17, 15) is 4.79 Å². The number of amides is 1. The van der Waals surface area contributed by atoms with Crippen LogP contribution in [0.25, 0.3) is 0 Å². The third kappa shape index (κ3) is 4.48. The summed E-state index contributed by atoms with van der Waals surface area (Å²) in [5.74, 6) is 0.777. The minimum absolute atomic E-state index is 0.0528. The Bertz CT molecular complexity index is 373. The highest BCUT2D eigenvalue weighted by Gasteiger charge is 2.21. The third-order valence-electron chi connectivity index (χ3n) is 2.71. The Morgan fingerprint density at radius 3 is 2.88 bits per heavy atom. The predicted molar refractivity (Wildman–Crippen MR) is 64.2 cm³/mol. The summed E-state index contributed by atoms with van der Waals surface area (Å²) in [5.41, 5.74) is 1.75. The first-order valence-electron chi connectivity index (χ1n) is 5.99. The van der Waals surface area contributed by atoms with Crippen LogP contribution < -0.4 is 10.6 Å². The fourth-order valence-corrected chi connectivity index (χ4v) is 1.46. The van der Waals surface area contributed by atoms with Gasteiger partial charge in [-0.2, -0.15) is 0 Å². The van der Waals surface area contributed by atoms with E-state index in [4.69, 9.17) is 0 Å². The second kappa shape index (κ2) is 5.72. The van der Waals surface area contributed by atoms with Gasteiger partial charge in [-0.05, 0) is 25.7 Å². The van der Waals surface area contributed by atoms with Gasteiger partial charge in [-0.1, -0.05) is 0 Å². The second-order valence-corrected chi connectivity index (χ2v) is 4.50. The van der Waals surface area contributed by atoms with Crippen molar-refractivity contribution in [3.63, 3.8) is 0 Å². The standard InChI is InChI=1S/C12H18N4O/c1-9-4-15-11(7-14-9)6-13-8-12(17)16-5-10-2-3-10/h4,7,10,13H,2-3,5-6,8H2,1H3,(H,16,17). The summed E-state index contributed by atoms with van der Waals surface area (Å²) in [6.45, 7) is 3.63. The topological polar surface area (TPSA) is 66.9 Å². The summed E-state index contributed by atoms with van der Waals surface area (Å²) in [7, 11) is 0. The lowest BCUT2D eigenvalue weighted by atomic mass is 10.4. The molecule has 1 amide bonds. The van der Waals surface area contributed by atoms with Crippen LogP contribution in [0.5, 0.6) is 0 Å². The van der Waals surface area contributed by atoms with Gasteiger partial charge in [-0.15, -0.1) is 0 Å². The number of nitrogens with one attached hydrogen (secondary N) is 2. The molecule has 1 heterocycles. The summed E-state index contributed by atoms with van der Waals surface area (Å²) < 4.78 is 0. The van der Waals surface area contributed by atoms with Gasteiger partial charge < -0.3 is 10.6 Å². The van der Waals surface area contributed by atoms with Crippen molar-refractivity contribution in [2.45, 2.75) is 26.3 Å². The van der Waals surface area contributed by atoms with Gasteiger partial charge in [0, 0.05) is 25.5 Å². The molecule has 1 aliphatic rings. The van der Waals surface area contributed by atoms with E-state index in [1.54, 1.807) is 12.4 Å². The van der Waals surface area contributed by atoms with Crippen LogP contribution in [0.4, 0.5) is 0 Å². The van der Waals surface area contributed by atoms with E-state index in [-0.39, 0.29) is 5.91 Å². The number of rotatable bonds is 6. The molecule has 0 radical (unpaired) electrons. The Kier molecular flexibility index (Phi) is 4.03. The minimum Gasteiger partial charge on any atom is -0.355 e. The van der Waals surface area contributed by atoms with Gasteiger partial charge in [0.15, 0.2) is 0 Å². The molecule has 0 aromatic carbocycles. The van der Waals surface area contributed by atoms with Crippen molar-refractivity contribution < 1.29 is 4.79 Å². The molecule has 1 aromatic heterocycles. The Morgan fingerprint density at radius 1 is 1.41 bits per heavy atom. The average molecular weight is 234 g/mol. The molecule has 0 aliphatic heterocycles. The number of hydrogen-bond acceptors (Lipinski definition) is 4. The summed E-state index contributed by atoms with van der Waals surface area (Å²) in [6.07, 6.45) is 5.97. The van der Waals surface area contributed by atoms with Crippen LogP contribution in [-0.2, 0) is 11.3 Å². The van der Waals surface area contributed by atoms with E-state index < -0.39 is 0 Å². The molecule has 0 unspecified atom stereocenters. The van der Waals surface area contributed by atoms with Crippen LogP contribution in [0.3, 0.4) is 0 Å². The van der Waals surface area contributed by atoms with E-state index in [0.717, 1.165) is 23.9 Å². The molecule has 0 atom stereocenters. The van der Waals surface area contributed by atoms with Crippen LogP contribution in [0.2, 0.25) is 0 Å². The summed E-state index contributed by atoms with van der Waals surface area (Å²) >= 11 is 0. The summed E-state index contributed by atoms with van der Waals surface area (Å²) in [4.78, 5) is 19.8. The predicted octanol–water partition coefficient (Wildman–Crippen LogP) is 0.401. The molecule has 0 bridgehead atoms. The lowest BCUT2D eigenvalue weighted by Crippen LogP contribution is -2.34. The van der Waals surface area contributed by atoms with E-state index in [1.807, 2.05) is 6.92 Å². The third-order valence-corrected chi connectivity index (χ3v) is 2.71. The monoisotopic (exact) mass is 234 g/mol. The molecule has 1 aromatic rings. The van der Waals surface area contributed by atoms with Crippen molar-refractivity contribution in [2.75, 3.05) is 13.1 Å². The Balaban J connectivity index is 1.61. The molecule has 5 nitrogen and oxygen atoms in total. The molecule has 92 valence electrons. The quantitative estimate of drug-likeness (QED) is 0.747. The molecule has 2 N–H and O–H groups in total. The van der Waals surface area contributed by atoms with Crippen molar-refractivity contribution in [1.29, 1.82) is 0 Å². The number of carbonyl (C=O) groups excluding carboxylic acids is 1. The summed E-state index contributed by atoms with van der Waals surface area (Å²) in [5, 5.41) is 5.95. The van der Waals surface area contributed by atoms with Crippen LogP contribution >= 0.6 is 0 Å². The van der Waals surface area contributed by atoms with Crippen LogP contribution in [0.15, 0.2) is 12.4 Å². The van der Waals surface area contributed by atoms with Gasteiger partial charge in [0.1, 0.15) is 0 Å². The Hall–Kier alpha value is -1.49. The van der Waals surface area contributed by atoms with Crippen LogP contribution in [0, 0.1) is 12.8 Å². The van der Waals surface area contributed by atoms with Gasteiger partial charge in [-0.25, -0.2) is 0 Å². The van der Waals surface area contributed by atoms with E-state index >= 15 is 0 Å². The average Bonchev–Trinajstić information content (AvgIpc) is 3.13. The van der Waals surface area contributed by atoms with E-state index in [2.05, 4.69) is 20.6 Å². The smallest absolute Gasteiger partial charge is 0.233 e. The maximum absolute atomic E-state index is 11.4. The van der Waals surface area contributed by atoms with Gasteiger partial charge in [0.05, 0.1) is 17.9 Å². The highest BCUT2D eigenvalue weighted by Crippen LogP contribution is 2.27. The van der Waals surface area contributed by atoms with Crippen molar-refractivity contribution in [1.82, 2.24) is 20.6 Å². The van der Waals surface area contributed by atoms with Crippen molar-refractivity contribution in [2.24, 2.45) is 5.92 Å². The molecule has 1 aliphatic carbocycles. The maximum Gasteiger partial charge on any atom is 0.233 e. The second-order valence-electron chi connectivity index (χ2n) is 4.50. The number of aryl methyl sites for hydroxylation is 1. The fourth-order valence-electron chi connectivity index (χ4n) is 1.46. The van der Waals surface area contributed by atoms with Crippen molar-refractivity contribution in [3.8, 4) is 0 Å². The zero-order valence-electron chi connectivity index (χ0n) is 10.1. The number of carbonyl (C=O) groups is 1.